The number of nitrogens with one attached hydrogen (secondary N) is 1. The topological polar surface area (TPSA) is 90.6 Å². The zero-order valence-electron chi connectivity index (χ0n) is 15.3. The van der Waals surface area contributed by atoms with Crippen LogP contribution in [0.3, 0.4) is 0 Å². The van der Waals surface area contributed by atoms with E-state index < -0.39 is 29.7 Å². The van der Waals surface area contributed by atoms with Gasteiger partial charge in [-0.25, -0.2) is 4.79 Å². The molecule has 0 bridgehead atoms. The van der Waals surface area contributed by atoms with E-state index in [2.05, 4.69) is 27.2 Å². The van der Waals surface area contributed by atoms with Crippen LogP contribution >= 0.6 is 15.9 Å². The lowest BCUT2D eigenvalue weighted by Crippen LogP contribution is -2.46. The van der Waals surface area contributed by atoms with Crippen LogP contribution in [0.2, 0.25) is 0 Å². The normalized spacial score (nSPS) is 13.3. The Morgan fingerprint density at radius 3 is 2.42 bits per heavy atom. The first-order valence-electron chi connectivity index (χ1n) is 8.20. The second kappa shape index (κ2) is 10.2. The van der Waals surface area contributed by atoms with Crippen molar-refractivity contribution >= 4 is 27.9 Å². The van der Waals surface area contributed by atoms with Crippen molar-refractivity contribution in [1.82, 2.24) is 5.32 Å². The number of nitrogens with two attached hydrogens (primary N) is 1. The Labute approximate surface area is 162 Å². The molecule has 0 heterocycles. The lowest BCUT2D eigenvalue weighted by Gasteiger charge is -2.26. The van der Waals surface area contributed by atoms with E-state index >= 15 is 0 Å². The molecule has 0 aliphatic carbocycles. The molecule has 2 amide bonds. The molecule has 0 aliphatic heterocycles. The van der Waals surface area contributed by atoms with Crippen molar-refractivity contribution in [2.75, 3.05) is 0 Å². The lowest BCUT2D eigenvalue weighted by molar-refractivity contribution is -0.118. The average molecular weight is 425 g/mol. The van der Waals surface area contributed by atoms with Gasteiger partial charge in [-0.05, 0) is 44.9 Å². The first-order valence-corrected chi connectivity index (χ1v) is 9.00. The summed E-state index contributed by atoms with van der Waals surface area (Å²) < 4.78 is 12.0. The summed E-state index contributed by atoms with van der Waals surface area (Å²) in [6.45, 7) is 5.54. The van der Waals surface area contributed by atoms with Gasteiger partial charge in [0.1, 0.15) is 11.7 Å². The summed E-state index contributed by atoms with van der Waals surface area (Å²) in [4.78, 5) is 23.2. The molecule has 0 aliphatic rings. The van der Waals surface area contributed by atoms with Crippen molar-refractivity contribution in [3.05, 3.63) is 34.3 Å². The van der Waals surface area contributed by atoms with E-state index in [1.807, 2.05) is 24.3 Å². The third kappa shape index (κ3) is 8.88. The second-order valence-corrected chi connectivity index (χ2v) is 7.70. The summed E-state index contributed by atoms with van der Waals surface area (Å²) in [5.41, 5.74) is 5.49. The molecule has 26 heavy (non-hydrogen) atoms. The van der Waals surface area contributed by atoms with Crippen LogP contribution in [-0.4, -0.2) is 29.7 Å². The highest BCUT2D eigenvalue weighted by molar-refractivity contribution is 9.10. The summed E-state index contributed by atoms with van der Waals surface area (Å²) in [7, 11) is 0. The Bertz CT molecular complexity index is 647. The molecule has 0 saturated carbocycles. The molecule has 1 aromatic rings. The molecule has 142 valence electrons. The van der Waals surface area contributed by atoms with E-state index in [1.54, 1.807) is 20.8 Å². The van der Waals surface area contributed by atoms with Gasteiger partial charge in [-0.1, -0.05) is 34.0 Å². The number of carbonyl (C=O) groups is 2. The van der Waals surface area contributed by atoms with Crippen molar-refractivity contribution in [2.45, 2.75) is 58.0 Å². The second-order valence-electron chi connectivity index (χ2n) is 6.78. The quantitative estimate of drug-likeness (QED) is 0.627. The molecule has 7 heteroatoms. The molecule has 1 rings (SSSR count). The molecule has 3 N–H and O–H groups in total. The molecule has 6 nitrogen and oxygen atoms in total. The van der Waals surface area contributed by atoms with Gasteiger partial charge in [-0.15, -0.1) is 6.42 Å². The Balaban J connectivity index is 2.76. The van der Waals surface area contributed by atoms with Crippen molar-refractivity contribution in [3.63, 3.8) is 0 Å². The van der Waals surface area contributed by atoms with Crippen molar-refractivity contribution in [3.8, 4) is 12.3 Å². The number of amides is 2. The number of terminal acetylenes is 1. The van der Waals surface area contributed by atoms with Crippen molar-refractivity contribution < 1.29 is 19.1 Å². The fourth-order valence-corrected chi connectivity index (χ4v) is 2.37. The highest BCUT2D eigenvalue weighted by atomic mass is 79.9. The fourth-order valence-electron chi connectivity index (χ4n) is 2.10. The van der Waals surface area contributed by atoms with Crippen LogP contribution in [0.25, 0.3) is 0 Å². The molecular weight excluding hydrogens is 400 g/mol. The van der Waals surface area contributed by atoms with E-state index in [0.29, 0.717) is 0 Å². The number of carbonyl (C=O) groups excluding carboxylic acids is 2. The maximum Gasteiger partial charge on any atom is 0.407 e. The van der Waals surface area contributed by atoms with Gasteiger partial charge in [0, 0.05) is 10.9 Å². The molecular formula is C19H25BrN2O4. The van der Waals surface area contributed by atoms with Crippen LogP contribution in [0.5, 0.6) is 0 Å². The van der Waals surface area contributed by atoms with E-state index in [9.17, 15) is 9.59 Å². The number of benzene rings is 1. The van der Waals surface area contributed by atoms with Gasteiger partial charge >= 0.3 is 6.09 Å². The largest absolute Gasteiger partial charge is 0.444 e. The minimum atomic E-state index is -0.731. The van der Waals surface area contributed by atoms with Crippen LogP contribution in [-0.2, 0) is 20.9 Å². The molecule has 2 atom stereocenters. The SMILES string of the molecule is C#C[C@@H](OCc1ccc(Br)cc1)[C@H](CCC(N)=O)NC(=O)OC(C)(C)C. The maximum atomic E-state index is 12.1. The Kier molecular flexibility index (Phi) is 8.62. The van der Waals surface area contributed by atoms with Gasteiger partial charge in [-0.3, -0.25) is 4.79 Å². The van der Waals surface area contributed by atoms with Crippen LogP contribution in [0, 0.1) is 12.3 Å². The van der Waals surface area contributed by atoms with Crippen LogP contribution in [0.15, 0.2) is 28.7 Å². The van der Waals surface area contributed by atoms with Crippen LogP contribution in [0.4, 0.5) is 4.79 Å². The van der Waals surface area contributed by atoms with Crippen molar-refractivity contribution in [1.29, 1.82) is 0 Å². The maximum absolute atomic E-state index is 12.1. The van der Waals surface area contributed by atoms with Crippen molar-refractivity contribution in [2.24, 2.45) is 5.73 Å². The lowest BCUT2D eigenvalue weighted by atomic mass is 10.1. The number of hydrogen-bond acceptors (Lipinski definition) is 4. The highest BCUT2D eigenvalue weighted by Crippen LogP contribution is 2.15. The predicted molar refractivity (Wildman–Crippen MR) is 103 cm³/mol. The average Bonchev–Trinajstić information content (AvgIpc) is 2.52. The summed E-state index contributed by atoms with van der Waals surface area (Å²) in [5, 5.41) is 2.68. The molecule has 0 unspecified atom stereocenters. The van der Waals surface area contributed by atoms with Gasteiger partial charge < -0.3 is 20.5 Å². The third-order valence-corrected chi connectivity index (χ3v) is 3.81. The van der Waals surface area contributed by atoms with E-state index in [0.717, 1.165) is 10.0 Å². The van der Waals surface area contributed by atoms with Gasteiger partial charge in [-0.2, -0.15) is 0 Å². The molecule has 0 fully saturated rings. The van der Waals surface area contributed by atoms with E-state index in [4.69, 9.17) is 21.6 Å². The minimum absolute atomic E-state index is 0.0697. The summed E-state index contributed by atoms with van der Waals surface area (Å²) in [6.07, 6.45) is 4.55. The van der Waals surface area contributed by atoms with Gasteiger partial charge in [0.2, 0.25) is 5.91 Å². The Morgan fingerprint density at radius 1 is 1.31 bits per heavy atom. The van der Waals surface area contributed by atoms with Crippen LogP contribution in [0.1, 0.15) is 39.2 Å². The van der Waals surface area contributed by atoms with E-state index in [1.165, 1.54) is 0 Å². The smallest absolute Gasteiger partial charge is 0.407 e. The van der Waals surface area contributed by atoms with Gasteiger partial charge in [0.15, 0.2) is 0 Å². The first-order chi connectivity index (χ1) is 12.1. The van der Waals surface area contributed by atoms with Crippen LogP contribution < -0.4 is 11.1 Å². The zero-order chi connectivity index (χ0) is 19.7. The zero-order valence-corrected chi connectivity index (χ0v) is 16.8. The van der Waals surface area contributed by atoms with E-state index in [-0.39, 0.29) is 19.4 Å². The third-order valence-electron chi connectivity index (χ3n) is 3.28. The molecule has 0 spiro atoms. The van der Waals surface area contributed by atoms with Gasteiger partial charge in [0.05, 0.1) is 12.6 Å². The number of rotatable bonds is 8. The number of halogens is 1. The molecule has 1 aromatic carbocycles. The number of alkyl carbamates (subject to hydrolysis) is 1. The first kappa shape index (κ1) is 22.0. The summed E-state index contributed by atoms with van der Waals surface area (Å²) in [5.74, 6) is 2.04. The Hall–Kier alpha value is -2.04. The predicted octanol–water partition coefficient (Wildman–Crippen LogP) is 3.13. The molecule has 0 aromatic heterocycles. The monoisotopic (exact) mass is 424 g/mol. The molecule has 0 radical (unpaired) electrons. The number of hydrogen-bond donors (Lipinski definition) is 2. The number of primary amides is 1. The number of ether oxygens (including phenoxy) is 2. The summed E-state index contributed by atoms with van der Waals surface area (Å²) in [6, 6.07) is 6.99. The fraction of sp³-hybridized carbons (Fsp3) is 0.474. The molecule has 0 saturated heterocycles. The highest BCUT2D eigenvalue weighted by Gasteiger charge is 2.26. The minimum Gasteiger partial charge on any atom is -0.444 e. The summed E-state index contributed by atoms with van der Waals surface area (Å²) >= 11 is 3.37. The standard InChI is InChI=1S/C19H25BrN2O4/c1-5-16(25-12-13-6-8-14(20)9-7-13)15(10-11-17(21)23)22-18(24)26-19(2,3)4/h1,6-9,15-16H,10-12H2,2-4H3,(H2,21,23)(H,22,24)/t15-,16+/m0/s1. The van der Waals surface area contributed by atoms with Gasteiger partial charge in [0.25, 0.3) is 0 Å². The Morgan fingerprint density at radius 2 is 1.92 bits per heavy atom.